The first-order valence-corrected chi connectivity index (χ1v) is 11.4. The molecule has 3 amide bonds. The lowest BCUT2D eigenvalue weighted by Gasteiger charge is -2.13. The third-order valence-corrected chi connectivity index (χ3v) is 5.61. The lowest BCUT2D eigenvalue weighted by molar-refractivity contribution is -0.123. The molecule has 8 heteroatoms. The van der Waals surface area contributed by atoms with Gasteiger partial charge in [0, 0.05) is 11.4 Å². The SMILES string of the molecule is COc1ccc(/C=C2\CCc3c2nc2ccccc2c3C(=O)OCC(=O)NC(=O)NC(C)C)cc1. The molecule has 35 heavy (non-hydrogen) atoms. The lowest BCUT2D eigenvalue weighted by atomic mass is 10.0. The first-order valence-electron chi connectivity index (χ1n) is 11.4. The fourth-order valence-corrected chi connectivity index (χ4v) is 4.08. The van der Waals surface area contributed by atoms with E-state index in [1.54, 1.807) is 21.0 Å². The maximum atomic E-state index is 13.2. The topological polar surface area (TPSA) is 107 Å². The van der Waals surface area contributed by atoms with Crippen LogP contribution in [0.15, 0.2) is 48.5 Å². The molecule has 1 aliphatic carbocycles. The molecule has 0 saturated heterocycles. The van der Waals surface area contributed by atoms with Crippen molar-refractivity contribution in [3.8, 4) is 5.75 Å². The minimum Gasteiger partial charge on any atom is -0.497 e. The number of rotatable bonds is 6. The Hall–Kier alpha value is -4.20. The van der Waals surface area contributed by atoms with Gasteiger partial charge >= 0.3 is 12.0 Å². The monoisotopic (exact) mass is 473 g/mol. The fourth-order valence-electron chi connectivity index (χ4n) is 4.08. The van der Waals surface area contributed by atoms with Crippen LogP contribution in [0.2, 0.25) is 0 Å². The number of urea groups is 1. The molecule has 4 rings (SSSR count). The maximum Gasteiger partial charge on any atom is 0.339 e. The zero-order valence-corrected chi connectivity index (χ0v) is 19.9. The Kier molecular flexibility index (Phi) is 7.10. The van der Waals surface area contributed by atoms with Crippen LogP contribution in [-0.4, -0.2) is 42.7 Å². The van der Waals surface area contributed by atoms with Crippen LogP contribution in [0, 0.1) is 0 Å². The molecule has 0 bridgehead atoms. The molecule has 1 aliphatic rings. The Balaban J connectivity index is 1.61. The number of allylic oxidation sites excluding steroid dienone is 1. The number of benzene rings is 2. The van der Waals surface area contributed by atoms with Crippen LogP contribution < -0.4 is 15.4 Å². The average molecular weight is 474 g/mol. The maximum absolute atomic E-state index is 13.2. The van der Waals surface area contributed by atoms with Crippen molar-refractivity contribution in [1.29, 1.82) is 0 Å². The van der Waals surface area contributed by atoms with Gasteiger partial charge in [0.1, 0.15) is 5.75 Å². The fraction of sp³-hybridized carbons (Fsp3) is 0.259. The summed E-state index contributed by atoms with van der Waals surface area (Å²) >= 11 is 0. The highest BCUT2D eigenvalue weighted by molar-refractivity contribution is 6.08. The molecule has 0 spiro atoms. The lowest BCUT2D eigenvalue weighted by Crippen LogP contribution is -2.44. The standard InChI is InChI=1S/C27H27N3O5/c1-16(2)28-27(33)30-23(31)15-35-26(32)24-20-6-4-5-7-22(20)29-25-18(10-13-21(24)25)14-17-8-11-19(34-3)12-9-17/h4-9,11-12,14,16H,10,13,15H2,1-3H3,(H2,28,30,31,33)/b18-14+. The van der Waals surface area contributed by atoms with Gasteiger partial charge in [0.25, 0.3) is 5.91 Å². The van der Waals surface area contributed by atoms with E-state index in [2.05, 4.69) is 16.7 Å². The number of fused-ring (bicyclic) bond motifs is 2. The first kappa shape index (κ1) is 23.9. The summed E-state index contributed by atoms with van der Waals surface area (Å²) in [7, 11) is 1.63. The second-order valence-corrected chi connectivity index (χ2v) is 8.53. The number of nitrogens with one attached hydrogen (secondary N) is 2. The van der Waals surface area contributed by atoms with Crippen LogP contribution in [0.1, 0.15) is 47.4 Å². The smallest absolute Gasteiger partial charge is 0.339 e. The van der Waals surface area contributed by atoms with Crippen LogP contribution in [0.25, 0.3) is 22.6 Å². The highest BCUT2D eigenvalue weighted by atomic mass is 16.5. The Bertz CT molecular complexity index is 1310. The van der Waals surface area contributed by atoms with Gasteiger partial charge in [-0.05, 0) is 67.7 Å². The van der Waals surface area contributed by atoms with E-state index in [0.717, 1.165) is 34.6 Å². The summed E-state index contributed by atoms with van der Waals surface area (Å²) in [6.45, 7) is 2.98. The number of aromatic nitrogens is 1. The van der Waals surface area contributed by atoms with Gasteiger partial charge in [-0.3, -0.25) is 10.1 Å². The van der Waals surface area contributed by atoms with E-state index >= 15 is 0 Å². The average Bonchev–Trinajstić information content (AvgIpc) is 3.22. The van der Waals surface area contributed by atoms with Gasteiger partial charge in [-0.15, -0.1) is 0 Å². The third kappa shape index (κ3) is 5.48. The quantitative estimate of drug-likeness (QED) is 0.522. The molecule has 0 saturated carbocycles. The molecule has 3 aromatic rings. The van der Waals surface area contributed by atoms with Gasteiger partial charge in [0.05, 0.1) is 23.9 Å². The predicted octanol–water partition coefficient (Wildman–Crippen LogP) is 4.12. The number of carbonyl (C=O) groups excluding carboxylic acids is 3. The molecule has 0 radical (unpaired) electrons. The van der Waals surface area contributed by atoms with E-state index in [9.17, 15) is 14.4 Å². The summed E-state index contributed by atoms with van der Waals surface area (Å²) in [6.07, 6.45) is 3.41. The van der Waals surface area contributed by atoms with Crippen molar-refractivity contribution in [2.45, 2.75) is 32.7 Å². The summed E-state index contributed by atoms with van der Waals surface area (Å²) in [5, 5.41) is 5.37. The summed E-state index contributed by atoms with van der Waals surface area (Å²) in [5.41, 5.74) is 4.65. The molecule has 1 heterocycles. The van der Waals surface area contributed by atoms with Crippen LogP contribution in [0.5, 0.6) is 5.75 Å². The van der Waals surface area contributed by atoms with E-state index in [1.165, 1.54) is 0 Å². The molecule has 2 aromatic carbocycles. The van der Waals surface area contributed by atoms with Gasteiger partial charge in [-0.2, -0.15) is 0 Å². The van der Waals surface area contributed by atoms with Crippen molar-refractivity contribution < 1.29 is 23.9 Å². The van der Waals surface area contributed by atoms with E-state index in [-0.39, 0.29) is 6.04 Å². The van der Waals surface area contributed by atoms with Crippen molar-refractivity contribution in [3.05, 3.63) is 70.9 Å². The number of methoxy groups -OCH3 is 1. The predicted molar refractivity (Wildman–Crippen MR) is 133 cm³/mol. The number of para-hydroxylation sites is 1. The Morgan fingerprint density at radius 2 is 1.80 bits per heavy atom. The highest BCUT2D eigenvalue weighted by Gasteiger charge is 2.28. The molecule has 1 aromatic heterocycles. The van der Waals surface area contributed by atoms with Crippen molar-refractivity contribution in [3.63, 3.8) is 0 Å². The Morgan fingerprint density at radius 1 is 1.06 bits per heavy atom. The highest BCUT2D eigenvalue weighted by Crippen LogP contribution is 2.37. The zero-order chi connectivity index (χ0) is 24.9. The van der Waals surface area contributed by atoms with Gasteiger partial charge in [-0.25, -0.2) is 14.6 Å². The molecule has 0 atom stereocenters. The van der Waals surface area contributed by atoms with Gasteiger partial charge < -0.3 is 14.8 Å². The van der Waals surface area contributed by atoms with Crippen molar-refractivity contribution in [2.24, 2.45) is 0 Å². The second-order valence-electron chi connectivity index (χ2n) is 8.53. The van der Waals surface area contributed by atoms with Crippen molar-refractivity contribution in [2.75, 3.05) is 13.7 Å². The second kappa shape index (κ2) is 10.4. The molecule has 8 nitrogen and oxygen atoms in total. The molecule has 0 unspecified atom stereocenters. The number of imide groups is 1. The molecular formula is C27H27N3O5. The Labute approximate surface area is 203 Å². The van der Waals surface area contributed by atoms with Crippen molar-refractivity contribution >= 4 is 40.5 Å². The number of carbonyl (C=O) groups is 3. The number of hydrogen-bond acceptors (Lipinski definition) is 6. The molecule has 0 aliphatic heterocycles. The van der Waals surface area contributed by atoms with Gasteiger partial charge in [0.2, 0.25) is 0 Å². The number of ether oxygens (including phenoxy) is 2. The van der Waals surface area contributed by atoms with Crippen molar-refractivity contribution in [1.82, 2.24) is 15.6 Å². The zero-order valence-electron chi connectivity index (χ0n) is 19.9. The molecule has 180 valence electrons. The van der Waals surface area contributed by atoms with E-state index in [0.29, 0.717) is 22.9 Å². The summed E-state index contributed by atoms with van der Waals surface area (Å²) in [6, 6.07) is 14.3. The number of pyridine rings is 1. The number of esters is 1. The van der Waals surface area contributed by atoms with E-state index in [4.69, 9.17) is 14.5 Å². The summed E-state index contributed by atoms with van der Waals surface area (Å²) in [4.78, 5) is 41.8. The number of hydrogen-bond donors (Lipinski definition) is 2. The van der Waals surface area contributed by atoms with Gasteiger partial charge in [0.15, 0.2) is 6.61 Å². The number of nitrogens with zero attached hydrogens (tertiary/aromatic N) is 1. The minimum atomic E-state index is -0.702. The molecular weight excluding hydrogens is 446 g/mol. The van der Waals surface area contributed by atoms with Crippen LogP contribution in [0.4, 0.5) is 4.79 Å². The minimum absolute atomic E-state index is 0.128. The Morgan fingerprint density at radius 3 is 2.51 bits per heavy atom. The number of amides is 3. The van der Waals surface area contributed by atoms with Crippen LogP contribution in [0.3, 0.4) is 0 Å². The van der Waals surface area contributed by atoms with E-state index < -0.39 is 24.5 Å². The summed E-state index contributed by atoms with van der Waals surface area (Å²) in [5.74, 6) is -0.546. The molecule has 2 N–H and O–H groups in total. The largest absolute Gasteiger partial charge is 0.497 e. The summed E-state index contributed by atoms with van der Waals surface area (Å²) < 4.78 is 10.5. The van der Waals surface area contributed by atoms with Crippen LogP contribution >= 0.6 is 0 Å². The van der Waals surface area contributed by atoms with Gasteiger partial charge in [-0.1, -0.05) is 30.3 Å². The third-order valence-electron chi connectivity index (χ3n) is 5.61. The normalized spacial score (nSPS) is 13.5. The van der Waals surface area contributed by atoms with Crippen LogP contribution in [-0.2, 0) is 16.0 Å². The molecule has 0 fully saturated rings. The first-order chi connectivity index (χ1) is 16.9. The van der Waals surface area contributed by atoms with E-state index in [1.807, 2.05) is 48.5 Å².